The maximum atomic E-state index is 15.1. The number of benzene rings is 2. The van der Waals surface area contributed by atoms with Gasteiger partial charge in [0.25, 0.3) is 5.91 Å². The summed E-state index contributed by atoms with van der Waals surface area (Å²) in [7, 11) is 1.43. The topological polar surface area (TPSA) is 150 Å². The van der Waals surface area contributed by atoms with Crippen molar-refractivity contribution in [2.75, 3.05) is 26.0 Å². The minimum atomic E-state index is -4.90. The van der Waals surface area contributed by atoms with E-state index < -0.39 is 41.6 Å². The number of thiazole rings is 1. The monoisotopic (exact) mass is 655 g/mol. The Morgan fingerprint density at radius 1 is 1.17 bits per heavy atom. The third kappa shape index (κ3) is 4.70. The number of carbonyl (C=O) groups excluding carboxylic acids is 1. The van der Waals surface area contributed by atoms with Gasteiger partial charge in [-0.05, 0) is 61.2 Å². The number of pyridine rings is 1. The maximum Gasteiger partial charge on any atom is 0.419 e. The SMILES string of the molecule is COc1cc(C(=O)NC[C@](O)(c2cc3c(c(-c4ccc(F)cc4)n2)OC[C@@]3(n2cnnc2)C(F)(F)F)C2CC2)cc2sc(N)nc12. The first-order valence-electron chi connectivity index (χ1n) is 14.1. The van der Waals surface area contributed by atoms with E-state index in [1.165, 1.54) is 42.7 Å². The second-order valence-corrected chi connectivity index (χ2v) is 12.3. The number of nitrogens with one attached hydrogen (secondary N) is 1. The van der Waals surface area contributed by atoms with Gasteiger partial charge in [-0.2, -0.15) is 13.2 Å². The molecule has 238 valence electrons. The quantitative estimate of drug-likeness (QED) is 0.207. The molecule has 46 heavy (non-hydrogen) atoms. The Bertz CT molecular complexity index is 1960. The number of nitrogen functional groups attached to an aromatic ring is 1. The van der Waals surface area contributed by atoms with Crippen LogP contribution in [0, 0.1) is 11.7 Å². The highest BCUT2D eigenvalue weighted by molar-refractivity contribution is 7.22. The zero-order valence-electron chi connectivity index (χ0n) is 24.0. The van der Waals surface area contributed by atoms with Gasteiger partial charge in [0.2, 0.25) is 5.54 Å². The number of nitrogens with zero attached hydrogens (tertiary/aromatic N) is 5. The summed E-state index contributed by atoms with van der Waals surface area (Å²) in [6.45, 7) is -1.23. The van der Waals surface area contributed by atoms with Crippen LogP contribution in [0.2, 0.25) is 0 Å². The first-order valence-corrected chi connectivity index (χ1v) is 14.9. The average Bonchev–Trinajstić information content (AvgIpc) is 3.40. The number of fused-ring (bicyclic) bond motifs is 2. The molecule has 1 saturated carbocycles. The first kappa shape index (κ1) is 29.9. The second-order valence-electron chi connectivity index (χ2n) is 11.2. The average molecular weight is 656 g/mol. The first-order chi connectivity index (χ1) is 21.9. The molecular formula is C30H25F4N7O4S. The molecule has 1 aliphatic carbocycles. The lowest BCUT2D eigenvalue weighted by Gasteiger charge is -2.33. The number of alkyl halides is 3. The van der Waals surface area contributed by atoms with Crippen LogP contribution in [0.25, 0.3) is 21.5 Å². The van der Waals surface area contributed by atoms with Crippen LogP contribution in [-0.2, 0) is 11.1 Å². The fraction of sp³-hybridized carbons (Fsp3) is 0.300. The summed E-state index contributed by atoms with van der Waals surface area (Å²) >= 11 is 1.17. The van der Waals surface area contributed by atoms with Crippen molar-refractivity contribution < 1.29 is 36.9 Å². The summed E-state index contributed by atoms with van der Waals surface area (Å²) in [5, 5.41) is 22.4. The van der Waals surface area contributed by atoms with Crippen LogP contribution < -0.4 is 20.5 Å². The van der Waals surface area contributed by atoms with E-state index in [-0.39, 0.29) is 40.4 Å². The van der Waals surface area contributed by atoms with Crippen molar-refractivity contribution in [1.82, 2.24) is 30.0 Å². The number of hydrogen-bond donors (Lipinski definition) is 3. The Balaban J connectivity index is 1.33. The molecule has 0 bridgehead atoms. The van der Waals surface area contributed by atoms with Crippen molar-refractivity contribution in [1.29, 1.82) is 0 Å². The molecule has 16 heteroatoms. The van der Waals surface area contributed by atoms with E-state index in [1.807, 2.05) is 0 Å². The number of methoxy groups -OCH3 is 1. The predicted molar refractivity (Wildman–Crippen MR) is 158 cm³/mol. The van der Waals surface area contributed by atoms with Crippen molar-refractivity contribution in [3.63, 3.8) is 0 Å². The van der Waals surface area contributed by atoms with Gasteiger partial charge in [-0.3, -0.25) is 9.36 Å². The maximum absolute atomic E-state index is 15.1. The van der Waals surface area contributed by atoms with Gasteiger partial charge >= 0.3 is 6.18 Å². The molecule has 0 saturated heterocycles. The van der Waals surface area contributed by atoms with Gasteiger partial charge in [0.15, 0.2) is 10.9 Å². The molecular weight excluding hydrogens is 630 g/mol. The van der Waals surface area contributed by atoms with E-state index in [0.29, 0.717) is 33.9 Å². The lowest BCUT2D eigenvalue weighted by atomic mass is 9.85. The Hall–Kier alpha value is -4.83. The summed E-state index contributed by atoms with van der Waals surface area (Å²) in [6.07, 6.45) is -1.92. The smallest absolute Gasteiger partial charge is 0.419 e. The lowest BCUT2D eigenvalue weighted by molar-refractivity contribution is -0.202. The van der Waals surface area contributed by atoms with E-state index in [9.17, 15) is 14.3 Å². The number of hydrogen-bond acceptors (Lipinski definition) is 10. The van der Waals surface area contributed by atoms with E-state index in [0.717, 1.165) is 29.4 Å². The number of ether oxygens (including phenoxy) is 2. The van der Waals surface area contributed by atoms with Gasteiger partial charge in [-0.1, -0.05) is 11.3 Å². The Kier molecular flexibility index (Phi) is 6.90. The van der Waals surface area contributed by atoms with Crippen molar-refractivity contribution in [2.24, 2.45) is 5.92 Å². The molecule has 4 N–H and O–H groups in total. The van der Waals surface area contributed by atoms with Crippen LogP contribution in [0.3, 0.4) is 0 Å². The Morgan fingerprint density at radius 3 is 2.54 bits per heavy atom. The number of anilines is 1. The van der Waals surface area contributed by atoms with Crippen molar-refractivity contribution in [2.45, 2.75) is 30.2 Å². The molecule has 2 aliphatic rings. The molecule has 4 heterocycles. The summed E-state index contributed by atoms with van der Waals surface area (Å²) < 4.78 is 71.7. The highest BCUT2D eigenvalue weighted by Crippen LogP contribution is 2.54. The molecule has 1 aliphatic heterocycles. The standard InChI is InChI=1S/C30H25F4N7O4S/c1-44-20-8-16(9-21-24(20)40-27(35)46-21)26(42)36-11-28(43,17-4-5-17)22-10-19-25(23(39-22)15-2-6-18(31)7-3-15)45-12-29(19,30(32,33)34)41-13-37-38-14-41/h2-3,6-10,13-14,17,43H,4-5,11-12H2,1H3,(H2,35,40)(H,36,42)/t28-,29+/m1/s1. The molecule has 5 aromatic rings. The van der Waals surface area contributed by atoms with E-state index in [2.05, 4.69) is 25.5 Å². The normalized spacial score (nSPS) is 19.0. The molecule has 2 aromatic carbocycles. The lowest BCUT2D eigenvalue weighted by Crippen LogP contribution is -2.50. The van der Waals surface area contributed by atoms with Crippen molar-refractivity contribution in [3.05, 3.63) is 77.8 Å². The molecule has 7 rings (SSSR count). The number of amides is 1. The van der Waals surface area contributed by atoms with Crippen LogP contribution in [-0.4, -0.2) is 62.2 Å². The van der Waals surface area contributed by atoms with E-state index >= 15 is 13.2 Å². The number of nitrogens with two attached hydrogens (primary N) is 1. The Morgan fingerprint density at radius 2 is 1.89 bits per heavy atom. The van der Waals surface area contributed by atoms with E-state index in [4.69, 9.17) is 15.2 Å². The van der Waals surface area contributed by atoms with Gasteiger partial charge in [-0.15, -0.1) is 10.2 Å². The molecule has 1 amide bonds. The number of aromatic nitrogens is 5. The van der Waals surface area contributed by atoms with Crippen LogP contribution in [0.15, 0.2) is 55.1 Å². The third-order valence-corrected chi connectivity index (χ3v) is 9.29. The van der Waals surface area contributed by atoms with Crippen LogP contribution in [0.5, 0.6) is 11.5 Å². The molecule has 3 aromatic heterocycles. The molecule has 0 unspecified atom stereocenters. The van der Waals surface area contributed by atoms with E-state index in [1.54, 1.807) is 6.07 Å². The predicted octanol–water partition coefficient (Wildman–Crippen LogP) is 4.41. The minimum absolute atomic E-state index is 0.0185. The number of aliphatic hydroxyl groups is 1. The zero-order chi connectivity index (χ0) is 32.4. The van der Waals surface area contributed by atoms with Gasteiger partial charge in [0.05, 0.1) is 24.0 Å². The highest BCUT2D eigenvalue weighted by Gasteiger charge is 2.63. The van der Waals surface area contributed by atoms with Crippen molar-refractivity contribution >= 4 is 32.6 Å². The molecule has 11 nitrogen and oxygen atoms in total. The summed E-state index contributed by atoms with van der Waals surface area (Å²) in [4.78, 5) is 22.3. The number of halogens is 4. The van der Waals surface area contributed by atoms with Crippen LogP contribution in [0.1, 0.15) is 34.5 Å². The number of rotatable bonds is 8. The largest absolute Gasteiger partial charge is 0.494 e. The molecule has 2 atom stereocenters. The molecule has 0 spiro atoms. The summed E-state index contributed by atoms with van der Waals surface area (Å²) in [6, 6.07) is 9.28. The van der Waals surface area contributed by atoms with Crippen molar-refractivity contribution in [3.8, 4) is 22.8 Å². The third-order valence-electron chi connectivity index (χ3n) is 8.46. The fourth-order valence-corrected chi connectivity index (χ4v) is 6.67. The minimum Gasteiger partial charge on any atom is -0.494 e. The Labute approximate surface area is 262 Å². The van der Waals surface area contributed by atoms with Gasteiger partial charge in [-0.25, -0.2) is 14.4 Å². The molecule has 0 radical (unpaired) electrons. The fourth-order valence-electron chi connectivity index (χ4n) is 5.88. The summed E-state index contributed by atoms with van der Waals surface area (Å²) in [5.41, 5.74) is 1.73. The van der Waals surface area contributed by atoms with Crippen LogP contribution >= 0.6 is 11.3 Å². The van der Waals surface area contributed by atoms with Crippen LogP contribution in [0.4, 0.5) is 22.7 Å². The number of carbonyl (C=O) groups is 1. The van der Waals surface area contributed by atoms with Gasteiger partial charge < -0.3 is 25.6 Å². The van der Waals surface area contributed by atoms with Gasteiger partial charge in [0, 0.05) is 16.7 Å². The van der Waals surface area contributed by atoms with Gasteiger partial charge in [0.1, 0.15) is 47.6 Å². The molecule has 1 fully saturated rings. The highest BCUT2D eigenvalue weighted by atomic mass is 32.1. The zero-order valence-corrected chi connectivity index (χ0v) is 24.8. The second kappa shape index (κ2) is 10.6. The summed E-state index contributed by atoms with van der Waals surface area (Å²) in [5.74, 6) is -1.39.